The van der Waals surface area contributed by atoms with Gasteiger partial charge in [-0.25, -0.2) is 0 Å². The molecule has 2 heterocycles. The van der Waals surface area contributed by atoms with Crippen LogP contribution >= 0.6 is 15.9 Å². The molecule has 2 fully saturated rings. The van der Waals surface area contributed by atoms with Crippen LogP contribution in [0, 0.1) is 5.41 Å². The summed E-state index contributed by atoms with van der Waals surface area (Å²) in [5.74, 6) is 0.928. The van der Waals surface area contributed by atoms with Crippen molar-refractivity contribution in [1.82, 2.24) is 15.1 Å². The molecule has 2 aliphatic heterocycles. The Morgan fingerprint density at radius 1 is 1.06 bits per heavy atom. The number of benzene rings is 2. The highest BCUT2D eigenvalue weighted by molar-refractivity contribution is 9.10. The molecule has 2 aromatic rings. The standard InChI is InChI=1S/C28H36BrN3O4/c1-35-20-26(33)30-24(23-5-3-4-6-25(23)36-2)11-15-31-16-12-28(13-17-31)14-18-32(27(28)34)19-21-7-9-22(29)10-8-21/h3-10,24H,11-20H2,1-2H3,(H,30,33). The van der Waals surface area contributed by atoms with E-state index < -0.39 is 0 Å². The topological polar surface area (TPSA) is 71.1 Å². The maximum Gasteiger partial charge on any atom is 0.246 e. The van der Waals surface area contributed by atoms with E-state index in [9.17, 15) is 9.59 Å². The molecule has 0 aromatic heterocycles. The van der Waals surface area contributed by atoms with Gasteiger partial charge in [0.15, 0.2) is 0 Å². The summed E-state index contributed by atoms with van der Waals surface area (Å²) in [6, 6.07) is 15.8. The lowest BCUT2D eigenvalue weighted by Crippen LogP contribution is -2.45. The summed E-state index contributed by atoms with van der Waals surface area (Å²) < 4.78 is 11.6. The summed E-state index contributed by atoms with van der Waals surface area (Å²) in [6.45, 7) is 4.15. The molecule has 2 aliphatic rings. The first-order valence-corrected chi connectivity index (χ1v) is 13.4. The number of para-hydroxylation sites is 1. The highest BCUT2D eigenvalue weighted by atomic mass is 79.9. The van der Waals surface area contributed by atoms with Gasteiger partial charge in [0.05, 0.1) is 18.6 Å². The first-order chi connectivity index (χ1) is 17.4. The smallest absolute Gasteiger partial charge is 0.246 e. The van der Waals surface area contributed by atoms with Crippen LogP contribution in [-0.4, -0.2) is 68.6 Å². The number of rotatable bonds is 10. The third-order valence-corrected chi connectivity index (χ3v) is 8.09. The van der Waals surface area contributed by atoms with E-state index in [1.54, 1.807) is 7.11 Å². The van der Waals surface area contributed by atoms with Gasteiger partial charge in [0.1, 0.15) is 12.4 Å². The molecule has 0 aliphatic carbocycles. The van der Waals surface area contributed by atoms with Gasteiger partial charge < -0.3 is 24.6 Å². The van der Waals surface area contributed by atoms with Crippen molar-refractivity contribution in [1.29, 1.82) is 0 Å². The predicted molar refractivity (Wildman–Crippen MR) is 143 cm³/mol. The van der Waals surface area contributed by atoms with Crippen molar-refractivity contribution in [3.8, 4) is 5.75 Å². The van der Waals surface area contributed by atoms with Crippen LogP contribution in [0.2, 0.25) is 0 Å². The minimum atomic E-state index is -0.222. The van der Waals surface area contributed by atoms with Crippen molar-refractivity contribution >= 4 is 27.7 Å². The molecule has 2 saturated heterocycles. The fourth-order valence-corrected chi connectivity index (χ4v) is 5.73. The second kappa shape index (κ2) is 12.2. The van der Waals surface area contributed by atoms with Crippen molar-refractivity contribution in [3.05, 3.63) is 64.1 Å². The van der Waals surface area contributed by atoms with E-state index in [1.807, 2.05) is 41.3 Å². The van der Waals surface area contributed by atoms with Crippen LogP contribution in [0.15, 0.2) is 53.0 Å². The largest absolute Gasteiger partial charge is 0.496 e. The van der Waals surface area contributed by atoms with E-state index in [4.69, 9.17) is 9.47 Å². The van der Waals surface area contributed by atoms with Crippen LogP contribution in [0.4, 0.5) is 0 Å². The lowest BCUT2D eigenvalue weighted by atomic mass is 9.77. The quantitative estimate of drug-likeness (QED) is 0.474. The van der Waals surface area contributed by atoms with Crippen molar-refractivity contribution in [2.45, 2.75) is 38.3 Å². The molecule has 1 spiro atoms. The third kappa shape index (κ3) is 6.28. The Morgan fingerprint density at radius 2 is 1.75 bits per heavy atom. The number of ether oxygens (including phenoxy) is 2. The van der Waals surface area contributed by atoms with Crippen LogP contribution < -0.4 is 10.1 Å². The molecule has 7 nitrogen and oxygen atoms in total. The number of likely N-dealkylation sites (tertiary alicyclic amines) is 2. The fraction of sp³-hybridized carbons (Fsp3) is 0.500. The number of hydrogen-bond acceptors (Lipinski definition) is 5. The number of nitrogens with zero attached hydrogens (tertiary/aromatic N) is 2. The molecule has 2 aromatic carbocycles. The zero-order valence-electron chi connectivity index (χ0n) is 21.2. The average molecular weight is 559 g/mol. The minimum Gasteiger partial charge on any atom is -0.496 e. The Bertz CT molecular complexity index is 1040. The Hall–Kier alpha value is -2.42. The first-order valence-electron chi connectivity index (χ1n) is 12.6. The van der Waals surface area contributed by atoms with Gasteiger partial charge in [0.2, 0.25) is 11.8 Å². The Morgan fingerprint density at radius 3 is 2.44 bits per heavy atom. The van der Waals surface area contributed by atoms with Crippen molar-refractivity contribution in [2.75, 3.05) is 47.0 Å². The summed E-state index contributed by atoms with van der Waals surface area (Å²) in [6.07, 6.45) is 3.47. The summed E-state index contributed by atoms with van der Waals surface area (Å²) >= 11 is 3.48. The summed E-state index contributed by atoms with van der Waals surface area (Å²) in [4.78, 5) is 30.2. The van der Waals surface area contributed by atoms with E-state index in [2.05, 4.69) is 38.3 Å². The molecule has 0 saturated carbocycles. The van der Waals surface area contributed by atoms with E-state index in [1.165, 1.54) is 12.7 Å². The maximum atomic E-state index is 13.4. The van der Waals surface area contributed by atoms with Crippen LogP contribution in [0.5, 0.6) is 5.75 Å². The molecule has 36 heavy (non-hydrogen) atoms. The molecule has 2 amide bonds. The van der Waals surface area contributed by atoms with Gasteiger partial charge in [-0.3, -0.25) is 9.59 Å². The summed E-state index contributed by atoms with van der Waals surface area (Å²) in [5, 5.41) is 3.10. The van der Waals surface area contributed by atoms with Crippen LogP contribution in [0.25, 0.3) is 0 Å². The number of methoxy groups -OCH3 is 2. The van der Waals surface area contributed by atoms with Gasteiger partial charge in [-0.05, 0) is 62.5 Å². The van der Waals surface area contributed by atoms with Gasteiger partial charge in [0, 0.05) is 36.8 Å². The summed E-state index contributed by atoms with van der Waals surface area (Å²) in [5.41, 5.74) is 1.91. The first kappa shape index (κ1) is 26.6. The molecule has 8 heteroatoms. The van der Waals surface area contributed by atoms with Crippen molar-refractivity contribution < 1.29 is 19.1 Å². The molecular formula is C28H36BrN3O4. The Balaban J connectivity index is 1.33. The molecule has 0 bridgehead atoms. The van der Waals surface area contributed by atoms with E-state index >= 15 is 0 Å². The number of hydrogen-bond donors (Lipinski definition) is 1. The number of piperidine rings is 1. The molecule has 0 radical (unpaired) electrons. The van der Waals surface area contributed by atoms with Crippen molar-refractivity contribution in [2.24, 2.45) is 5.41 Å². The number of carbonyl (C=O) groups excluding carboxylic acids is 2. The van der Waals surface area contributed by atoms with Crippen LogP contribution in [0.1, 0.15) is 42.9 Å². The molecule has 4 rings (SSSR count). The van der Waals surface area contributed by atoms with E-state index in [-0.39, 0.29) is 24.0 Å². The zero-order valence-corrected chi connectivity index (χ0v) is 22.8. The fourth-order valence-electron chi connectivity index (χ4n) is 5.46. The molecule has 1 atom stereocenters. The molecule has 1 unspecified atom stereocenters. The van der Waals surface area contributed by atoms with Gasteiger partial charge in [-0.2, -0.15) is 0 Å². The second-order valence-electron chi connectivity index (χ2n) is 9.81. The molecule has 1 N–H and O–H groups in total. The van der Waals surface area contributed by atoms with Crippen LogP contribution in [-0.2, 0) is 20.9 Å². The molecular weight excluding hydrogens is 522 g/mol. The van der Waals surface area contributed by atoms with Gasteiger partial charge in [-0.1, -0.05) is 46.3 Å². The zero-order chi connectivity index (χ0) is 25.5. The van der Waals surface area contributed by atoms with Crippen molar-refractivity contribution in [3.63, 3.8) is 0 Å². The summed E-state index contributed by atoms with van der Waals surface area (Å²) in [7, 11) is 3.17. The SMILES string of the molecule is COCC(=O)NC(CCN1CCC2(CC1)CCN(Cc1ccc(Br)cc1)C2=O)c1ccccc1OC. The molecule has 194 valence electrons. The second-order valence-corrected chi connectivity index (χ2v) is 10.7. The Kier molecular flexibility index (Phi) is 9.04. The highest BCUT2D eigenvalue weighted by Crippen LogP contribution is 2.42. The normalized spacial score (nSPS) is 18.4. The number of nitrogens with one attached hydrogen (secondary N) is 1. The van der Waals surface area contributed by atoms with E-state index in [0.717, 1.165) is 67.6 Å². The lowest BCUT2D eigenvalue weighted by Gasteiger charge is -2.38. The van der Waals surface area contributed by atoms with Gasteiger partial charge in [-0.15, -0.1) is 0 Å². The van der Waals surface area contributed by atoms with Gasteiger partial charge >= 0.3 is 0 Å². The maximum absolute atomic E-state index is 13.4. The van der Waals surface area contributed by atoms with Gasteiger partial charge in [0.25, 0.3) is 0 Å². The number of halogens is 1. The van der Waals surface area contributed by atoms with E-state index in [0.29, 0.717) is 12.5 Å². The third-order valence-electron chi connectivity index (χ3n) is 7.56. The van der Waals surface area contributed by atoms with Crippen LogP contribution in [0.3, 0.4) is 0 Å². The Labute approximate surface area is 222 Å². The predicted octanol–water partition coefficient (Wildman–Crippen LogP) is 4.17. The minimum absolute atomic E-state index is 0.0246. The number of amides is 2. The lowest BCUT2D eigenvalue weighted by molar-refractivity contribution is -0.139. The monoisotopic (exact) mass is 557 g/mol. The number of carbonyl (C=O) groups is 2. The average Bonchev–Trinajstić information content (AvgIpc) is 3.18. The highest BCUT2D eigenvalue weighted by Gasteiger charge is 2.47.